The number of hydrogen-bond acceptors (Lipinski definition) is 3. The fourth-order valence-corrected chi connectivity index (χ4v) is 1.55. The summed E-state index contributed by atoms with van der Waals surface area (Å²) in [6.07, 6.45) is -0.858. The number of hydrogen-bond donors (Lipinski definition) is 2. The molecule has 0 aliphatic carbocycles. The van der Waals surface area contributed by atoms with Crippen molar-refractivity contribution in [2.45, 2.75) is 19.4 Å². The van der Waals surface area contributed by atoms with E-state index in [0.29, 0.717) is 11.1 Å². The number of rotatable bonds is 4. The van der Waals surface area contributed by atoms with Gasteiger partial charge in [-0.15, -0.1) is 0 Å². The molecule has 0 saturated carbocycles. The lowest BCUT2D eigenvalue weighted by Gasteiger charge is -2.09. The van der Waals surface area contributed by atoms with Gasteiger partial charge in [-0.25, -0.2) is 0 Å². The van der Waals surface area contributed by atoms with Crippen molar-refractivity contribution in [2.24, 2.45) is 0 Å². The van der Waals surface area contributed by atoms with E-state index in [9.17, 15) is 14.7 Å². The average Bonchev–Trinajstić information content (AvgIpc) is 2.55. The molecule has 2 aromatic carbocycles. The predicted molar refractivity (Wildman–Crippen MR) is 80.1 cm³/mol. The smallest absolute Gasteiger partial charge is 0.303 e. The fraction of sp³-hybridized carbons (Fsp3) is 0.176. The summed E-state index contributed by atoms with van der Waals surface area (Å²) < 4.78 is 0. The fourth-order valence-electron chi connectivity index (χ4n) is 1.55. The Labute approximate surface area is 123 Å². The Morgan fingerprint density at radius 1 is 0.952 bits per heavy atom. The van der Waals surface area contributed by atoms with Crippen LogP contribution in [0.15, 0.2) is 60.7 Å². The second kappa shape index (κ2) is 8.66. The van der Waals surface area contributed by atoms with Gasteiger partial charge in [-0.3, -0.25) is 9.59 Å². The number of aliphatic hydroxyl groups excluding tert-OH is 1. The van der Waals surface area contributed by atoms with Crippen molar-refractivity contribution >= 4 is 11.8 Å². The lowest BCUT2D eigenvalue weighted by atomic mass is 10.0. The van der Waals surface area contributed by atoms with E-state index in [1.54, 1.807) is 55.5 Å². The number of carboxylic acids is 1. The maximum atomic E-state index is 11.9. The standard InChI is InChI=1S/C14H12O2.C3H6O2/c15-13(11-7-3-1-4-8-11)14(16)12-9-5-2-6-10-12;1-2-3(4)5/h1-10,13,15H;2H2,1H3,(H,4,5). The van der Waals surface area contributed by atoms with E-state index < -0.39 is 12.1 Å². The first kappa shape index (κ1) is 16.6. The largest absolute Gasteiger partial charge is 0.481 e. The van der Waals surface area contributed by atoms with Gasteiger partial charge in [0, 0.05) is 12.0 Å². The zero-order valence-corrected chi connectivity index (χ0v) is 11.8. The Balaban J connectivity index is 0.000000383. The summed E-state index contributed by atoms with van der Waals surface area (Å²) >= 11 is 0. The van der Waals surface area contributed by atoms with Crippen molar-refractivity contribution in [1.29, 1.82) is 0 Å². The molecule has 0 aliphatic heterocycles. The maximum absolute atomic E-state index is 11.9. The normalized spacial score (nSPS) is 11.0. The van der Waals surface area contributed by atoms with Crippen molar-refractivity contribution in [1.82, 2.24) is 0 Å². The molecular weight excluding hydrogens is 268 g/mol. The molecule has 0 saturated heterocycles. The van der Waals surface area contributed by atoms with Gasteiger partial charge in [0.1, 0.15) is 6.10 Å². The van der Waals surface area contributed by atoms with Crippen molar-refractivity contribution in [3.63, 3.8) is 0 Å². The Morgan fingerprint density at radius 3 is 1.81 bits per heavy atom. The van der Waals surface area contributed by atoms with Crippen LogP contribution in [0.4, 0.5) is 0 Å². The molecule has 2 N–H and O–H groups in total. The molecule has 4 nitrogen and oxygen atoms in total. The number of carbonyl (C=O) groups is 2. The Kier molecular flexibility index (Phi) is 6.84. The minimum Gasteiger partial charge on any atom is -0.481 e. The van der Waals surface area contributed by atoms with Crippen LogP contribution >= 0.6 is 0 Å². The van der Waals surface area contributed by atoms with E-state index in [-0.39, 0.29) is 12.2 Å². The molecule has 0 aliphatic rings. The second-order valence-corrected chi connectivity index (χ2v) is 4.29. The summed E-state index contributed by atoms with van der Waals surface area (Å²) in [5, 5.41) is 17.6. The van der Waals surface area contributed by atoms with E-state index in [2.05, 4.69) is 0 Å². The number of benzene rings is 2. The molecular formula is C17H18O4. The van der Waals surface area contributed by atoms with Crippen LogP contribution in [0.5, 0.6) is 0 Å². The lowest BCUT2D eigenvalue weighted by molar-refractivity contribution is -0.136. The van der Waals surface area contributed by atoms with Crippen molar-refractivity contribution in [3.05, 3.63) is 71.8 Å². The van der Waals surface area contributed by atoms with Crippen LogP contribution in [-0.4, -0.2) is 22.0 Å². The third kappa shape index (κ3) is 5.58. The van der Waals surface area contributed by atoms with Gasteiger partial charge in [0.25, 0.3) is 0 Å². The molecule has 0 fully saturated rings. The van der Waals surface area contributed by atoms with Crippen LogP contribution < -0.4 is 0 Å². The van der Waals surface area contributed by atoms with Gasteiger partial charge in [0.2, 0.25) is 0 Å². The van der Waals surface area contributed by atoms with E-state index in [0.717, 1.165) is 0 Å². The van der Waals surface area contributed by atoms with E-state index in [1.807, 2.05) is 12.1 Å². The molecule has 21 heavy (non-hydrogen) atoms. The summed E-state index contributed by atoms with van der Waals surface area (Å²) in [5.74, 6) is -1.02. The molecule has 0 bridgehead atoms. The van der Waals surface area contributed by atoms with Crippen molar-refractivity contribution in [2.75, 3.05) is 0 Å². The highest BCUT2D eigenvalue weighted by Crippen LogP contribution is 2.17. The molecule has 4 heteroatoms. The Morgan fingerprint density at radius 2 is 1.38 bits per heavy atom. The molecule has 0 heterocycles. The number of carbonyl (C=O) groups excluding carboxylic acids is 1. The zero-order chi connectivity index (χ0) is 15.7. The summed E-state index contributed by atoms with van der Waals surface area (Å²) in [6.45, 7) is 1.60. The van der Waals surface area contributed by atoms with Crippen LogP contribution in [0, 0.1) is 0 Å². The van der Waals surface area contributed by atoms with Gasteiger partial charge in [-0.1, -0.05) is 67.6 Å². The molecule has 1 unspecified atom stereocenters. The highest BCUT2D eigenvalue weighted by molar-refractivity contribution is 5.99. The zero-order valence-electron chi connectivity index (χ0n) is 11.8. The molecule has 0 aromatic heterocycles. The van der Waals surface area contributed by atoms with Crippen LogP contribution in [0.3, 0.4) is 0 Å². The molecule has 0 spiro atoms. The Hall–Kier alpha value is -2.46. The minimum absolute atomic E-state index is 0.222. The monoisotopic (exact) mass is 286 g/mol. The SMILES string of the molecule is CCC(=O)O.O=C(c1ccccc1)C(O)c1ccccc1. The molecule has 1 atom stereocenters. The van der Waals surface area contributed by atoms with Crippen LogP contribution in [0.1, 0.15) is 35.4 Å². The van der Waals surface area contributed by atoms with Crippen LogP contribution in [0.25, 0.3) is 0 Å². The van der Waals surface area contributed by atoms with Crippen molar-refractivity contribution in [3.8, 4) is 0 Å². The topological polar surface area (TPSA) is 74.6 Å². The number of carboxylic acid groups (broad SMARTS) is 1. The summed E-state index contributed by atoms with van der Waals surface area (Å²) in [7, 11) is 0. The number of aliphatic hydroxyl groups is 1. The maximum Gasteiger partial charge on any atom is 0.303 e. The molecule has 110 valence electrons. The number of ketones is 1. The van der Waals surface area contributed by atoms with Gasteiger partial charge >= 0.3 is 5.97 Å². The highest BCUT2D eigenvalue weighted by Gasteiger charge is 2.18. The molecule has 0 radical (unpaired) electrons. The average molecular weight is 286 g/mol. The Bertz CT molecular complexity index is 564. The van der Waals surface area contributed by atoms with Gasteiger partial charge in [-0.05, 0) is 5.56 Å². The predicted octanol–water partition coefficient (Wildman–Crippen LogP) is 3.08. The van der Waals surface area contributed by atoms with Crippen LogP contribution in [0.2, 0.25) is 0 Å². The number of Topliss-reactive ketones (excluding diaryl/α,β-unsaturated/α-hetero) is 1. The van der Waals surface area contributed by atoms with Gasteiger partial charge < -0.3 is 10.2 Å². The lowest BCUT2D eigenvalue weighted by Crippen LogP contribution is -2.11. The first-order valence-electron chi connectivity index (χ1n) is 6.60. The summed E-state index contributed by atoms with van der Waals surface area (Å²) in [5.41, 5.74) is 1.15. The van der Waals surface area contributed by atoms with Crippen molar-refractivity contribution < 1.29 is 19.8 Å². The van der Waals surface area contributed by atoms with Gasteiger partial charge in [0.05, 0.1) is 0 Å². The third-order valence-corrected chi connectivity index (χ3v) is 2.72. The molecule has 2 aromatic rings. The van der Waals surface area contributed by atoms with E-state index >= 15 is 0 Å². The third-order valence-electron chi connectivity index (χ3n) is 2.72. The van der Waals surface area contributed by atoms with E-state index in [4.69, 9.17) is 5.11 Å². The highest BCUT2D eigenvalue weighted by atomic mass is 16.4. The first-order valence-corrected chi connectivity index (χ1v) is 6.60. The summed E-state index contributed by atoms with van der Waals surface area (Å²) in [6, 6.07) is 17.7. The second-order valence-electron chi connectivity index (χ2n) is 4.29. The molecule has 2 rings (SSSR count). The van der Waals surface area contributed by atoms with E-state index in [1.165, 1.54) is 0 Å². The van der Waals surface area contributed by atoms with Gasteiger partial charge in [0.15, 0.2) is 5.78 Å². The van der Waals surface area contributed by atoms with Crippen LogP contribution in [-0.2, 0) is 4.79 Å². The first-order chi connectivity index (χ1) is 10.1. The van der Waals surface area contributed by atoms with Gasteiger partial charge in [-0.2, -0.15) is 0 Å². The number of aliphatic carboxylic acids is 1. The quantitative estimate of drug-likeness (QED) is 0.847. The molecule has 0 amide bonds. The minimum atomic E-state index is -1.08. The summed E-state index contributed by atoms with van der Waals surface area (Å²) in [4.78, 5) is 21.3.